The minimum atomic E-state index is -3.59. The summed E-state index contributed by atoms with van der Waals surface area (Å²) in [7, 11) is 2.18. The second-order valence-corrected chi connectivity index (χ2v) is 8.28. The van der Waals surface area contributed by atoms with Crippen molar-refractivity contribution < 1.29 is 8.42 Å². The van der Waals surface area contributed by atoms with Gasteiger partial charge in [-0.1, -0.05) is 0 Å². The molecule has 0 unspecified atom stereocenters. The molecule has 0 saturated carbocycles. The summed E-state index contributed by atoms with van der Waals surface area (Å²) in [5.74, 6) is 0. The van der Waals surface area contributed by atoms with Crippen molar-refractivity contribution in [2.24, 2.45) is 7.05 Å². The van der Waals surface area contributed by atoms with Crippen LogP contribution >= 0.6 is 0 Å². The van der Waals surface area contributed by atoms with Crippen molar-refractivity contribution in [3.63, 3.8) is 0 Å². The second-order valence-electron chi connectivity index (χ2n) is 6.44. The van der Waals surface area contributed by atoms with Crippen molar-refractivity contribution in [3.05, 3.63) is 42.6 Å². The Kier molecular flexibility index (Phi) is 4.71. The van der Waals surface area contributed by atoms with Gasteiger partial charge in [-0.3, -0.25) is 4.98 Å². The maximum Gasteiger partial charge on any atom is 0.262 e. The molecule has 7 nitrogen and oxygen atoms in total. The minimum absolute atomic E-state index is 0.115. The Labute approximate surface area is 143 Å². The van der Waals surface area contributed by atoms with Crippen LogP contribution in [0, 0.1) is 0 Å². The Morgan fingerprint density at radius 1 is 1.29 bits per heavy atom. The molecule has 0 radical (unpaired) electrons. The van der Waals surface area contributed by atoms with E-state index in [9.17, 15) is 8.42 Å². The molecule has 2 aromatic rings. The Hall–Kier alpha value is -1.77. The largest absolute Gasteiger partial charge is 0.339 e. The molecule has 1 saturated heterocycles. The predicted molar refractivity (Wildman–Crippen MR) is 90.9 cm³/mol. The summed E-state index contributed by atoms with van der Waals surface area (Å²) < 4.78 is 29.3. The van der Waals surface area contributed by atoms with Gasteiger partial charge in [0.1, 0.15) is 0 Å². The van der Waals surface area contributed by atoms with E-state index in [2.05, 4.69) is 14.9 Å². The summed E-state index contributed by atoms with van der Waals surface area (Å²) in [5.41, 5.74) is 1.09. The first-order valence-electron chi connectivity index (χ1n) is 7.94. The number of aromatic nitrogens is 3. The van der Waals surface area contributed by atoms with Crippen molar-refractivity contribution in [2.75, 3.05) is 20.6 Å². The van der Waals surface area contributed by atoms with Gasteiger partial charge in [0.05, 0.1) is 6.33 Å². The highest BCUT2D eigenvalue weighted by molar-refractivity contribution is 7.89. The topological polar surface area (TPSA) is 71.3 Å². The average Bonchev–Trinajstić information content (AvgIpc) is 3.15. The first-order chi connectivity index (χ1) is 11.4. The van der Waals surface area contributed by atoms with E-state index in [0.29, 0.717) is 13.0 Å². The zero-order chi connectivity index (χ0) is 17.3. The summed E-state index contributed by atoms with van der Waals surface area (Å²) in [6, 6.07) is 3.94. The average molecular weight is 349 g/mol. The van der Waals surface area contributed by atoms with Crippen LogP contribution in [0.1, 0.15) is 12.0 Å². The molecular weight excluding hydrogens is 326 g/mol. The SMILES string of the molecule is CN(C)[C@@H]1CCN(S(=O)(=O)c2cn(C)cn2)[C@H]1Cc1ccncc1. The van der Waals surface area contributed by atoms with E-state index >= 15 is 0 Å². The second kappa shape index (κ2) is 6.62. The molecule has 8 heteroatoms. The zero-order valence-electron chi connectivity index (χ0n) is 14.2. The number of hydrogen-bond acceptors (Lipinski definition) is 5. The van der Waals surface area contributed by atoms with Crippen LogP contribution < -0.4 is 0 Å². The molecule has 0 bridgehead atoms. The molecule has 2 atom stereocenters. The molecular formula is C16H23N5O2S. The van der Waals surface area contributed by atoms with Gasteiger partial charge in [-0.05, 0) is 44.6 Å². The summed E-state index contributed by atoms with van der Waals surface area (Å²) >= 11 is 0. The molecule has 0 aromatic carbocycles. The third-order valence-corrected chi connectivity index (χ3v) is 6.38. The maximum absolute atomic E-state index is 13.0. The number of nitrogens with zero attached hydrogens (tertiary/aromatic N) is 5. The van der Waals surface area contributed by atoms with Crippen molar-refractivity contribution in [3.8, 4) is 0 Å². The number of imidazole rings is 1. The van der Waals surface area contributed by atoms with Crippen molar-refractivity contribution in [1.82, 2.24) is 23.7 Å². The molecule has 0 aliphatic carbocycles. The van der Waals surface area contributed by atoms with Crippen LogP contribution in [0.15, 0.2) is 42.1 Å². The molecule has 24 heavy (non-hydrogen) atoms. The number of likely N-dealkylation sites (N-methyl/N-ethyl adjacent to an activating group) is 1. The van der Waals surface area contributed by atoms with Crippen LogP contribution in [0.5, 0.6) is 0 Å². The lowest BCUT2D eigenvalue weighted by atomic mass is 10.0. The van der Waals surface area contributed by atoms with Gasteiger partial charge >= 0.3 is 0 Å². The standard InChI is InChI=1S/C16H23N5O2S/c1-19(2)14-6-9-21(15(14)10-13-4-7-17-8-5-13)24(22,23)16-11-20(3)12-18-16/h4-5,7-8,11-12,14-15H,6,9-10H2,1-3H3/t14-,15+/m1/s1. The number of sulfonamides is 1. The molecule has 0 N–H and O–H groups in total. The zero-order valence-corrected chi connectivity index (χ0v) is 15.0. The molecule has 0 spiro atoms. The highest BCUT2D eigenvalue weighted by Gasteiger charge is 2.43. The van der Waals surface area contributed by atoms with E-state index in [1.807, 2.05) is 26.2 Å². The van der Waals surface area contributed by atoms with Crippen LogP contribution in [-0.2, 0) is 23.5 Å². The maximum atomic E-state index is 13.0. The first-order valence-corrected chi connectivity index (χ1v) is 9.39. The van der Waals surface area contributed by atoms with E-state index in [-0.39, 0.29) is 17.1 Å². The van der Waals surface area contributed by atoms with Crippen LogP contribution in [-0.4, -0.2) is 64.9 Å². The Morgan fingerprint density at radius 2 is 2.00 bits per heavy atom. The van der Waals surface area contributed by atoms with Crippen LogP contribution in [0.3, 0.4) is 0 Å². The van der Waals surface area contributed by atoms with Gasteiger partial charge in [0, 0.05) is 44.3 Å². The third kappa shape index (κ3) is 3.22. The van der Waals surface area contributed by atoms with Gasteiger partial charge in [-0.25, -0.2) is 13.4 Å². The molecule has 1 aliphatic heterocycles. The summed E-state index contributed by atoms with van der Waals surface area (Å²) in [5, 5.41) is 0.115. The van der Waals surface area contributed by atoms with E-state index in [0.717, 1.165) is 12.0 Å². The lowest BCUT2D eigenvalue weighted by Crippen LogP contribution is -2.45. The smallest absolute Gasteiger partial charge is 0.262 e. The molecule has 130 valence electrons. The highest BCUT2D eigenvalue weighted by Crippen LogP contribution is 2.30. The molecule has 1 fully saturated rings. The van der Waals surface area contributed by atoms with E-state index in [4.69, 9.17) is 0 Å². The Morgan fingerprint density at radius 3 is 2.58 bits per heavy atom. The molecule has 3 heterocycles. The summed E-state index contributed by atoms with van der Waals surface area (Å²) in [6.45, 7) is 0.511. The quantitative estimate of drug-likeness (QED) is 0.797. The van der Waals surface area contributed by atoms with Gasteiger partial charge in [0.25, 0.3) is 10.0 Å². The minimum Gasteiger partial charge on any atom is -0.339 e. The number of hydrogen-bond donors (Lipinski definition) is 0. The highest BCUT2D eigenvalue weighted by atomic mass is 32.2. The normalized spacial score (nSPS) is 22.3. The van der Waals surface area contributed by atoms with Gasteiger partial charge in [-0.15, -0.1) is 0 Å². The molecule has 2 aromatic heterocycles. The Balaban J connectivity index is 1.93. The van der Waals surface area contributed by atoms with Crippen LogP contribution in [0.2, 0.25) is 0 Å². The van der Waals surface area contributed by atoms with Crippen molar-refractivity contribution in [1.29, 1.82) is 0 Å². The van der Waals surface area contributed by atoms with E-state index < -0.39 is 10.0 Å². The van der Waals surface area contributed by atoms with Crippen molar-refractivity contribution in [2.45, 2.75) is 30.0 Å². The fraction of sp³-hybridized carbons (Fsp3) is 0.500. The van der Waals surface area contributed by atoms with E-state index in [1.165, 1.54) is 6.33 Å². The Bertz CT molecular complexity index is 788. The van der Waals surface area contributed by atoms with Gasteiger partial charge in [-0.2, -0.15) is 4.31 Å². The van der Waals surface area contributed by atoms with Gasteiger partial charge < -0.3 is 9.47 Å². The van der Waals surface area contributed by atoms with Crippen molar-refractivity contribution >= 4 is 10.0 Å². The van der Waals surface area contributed by atoms with Crippen LogP contribution in [0.25, 0.3) is 0 Å². The van der Waals surface area contributed by atoms with E-state index in [1.54, 1.807) is 34.5 Å². The third-order valence-electron chi connectivity index (χ3n) is 4.57. The summed E-state index contributed by atoms with van der Waals surface area (Å²) in [6.07, 6.45) is 8.04. The fourth-order valence-electron chi connectivity index (χ4n) is 3.35. The van der Waals surface area contributed by atoms with Gasteiger partial charge in [0.15, 0.2) is 5.03 Å². The molecule has 0 amide bonds. The number of aryl methyl sites for hydroxylation is 1. The fourth-order valence-corrected chi connectivity index (χ4v) is 4.99. The summed E-state index contributed by atoms with van der Waals surface area (Å²) in [4.78, 5) is 10.2. The first kappa shape index (κ1) is 17.1. The molecule has 3 rings (SSSR count). The number of pyridine rings is 1. The molecule has 1 aliphatic rings. The van der Waals surface area contributed by atoms with Crippen LogP contribution in [0.4, 0.5) is 0 Å². The monoisotopic (exact) mass is 349 g/mol. The van der Waals surface area contributed by atoms with Gasteiger partial charge in [0.2, 0.25) is 0 Å². The predicted octanol–water partition coefficient (Wildman–Crippen LogP) is 0.751. The lowest BCUT2D eigenvalue weighted by Gasteiger charge is -2.30. The number of rotatable bonds is 5. The lowest BCUT2D eigenvalue weighted by molar-refractivity contribution is 0.237.